The van der Waals surface area contributed by atoms with E-state index in [-0.39, 0.29) is 12.0 Å². The molecule has 4 unspecified atom stereocenters. The molecule has 0 aliphatic carbocycles. The van der Waals surface area contributed by atoms with Crippen molar-refractivity contribution in [1.82, 2.24) is 20.4 Å². The van der Waals surface area contributed by atoms with E-state index in [2.05, 4.69) is 34.2 Å². The zero-order valence-corrected chi connectivity index (χ0v) is 13.2. The summed E-state index contributed by atoms with van der Waals surface area (Å²) in [5, 5.41) is 7.46. The molecule has 0 amide bonds. The van der Waals surface area contributed by atoms with E-state index in [1.165, 1.54) is 19.4 Å². The van der Waals surface area contributed by atoms with Crippen LogP contribution in [0.25, 0.3) is 0 Å². The smallest absolute Gasteiger partial charge is 0.231 e. The highest BCUT2D eigenvalue weighted by Gasteiger charge is 2.35. The van der Waals surface area contributed by atoms with Crippen LogP contribution in [0.1, 0.15) is 56.8 Å². The van der Waals surface area contributed by atoms with Gasteiger partial charge in [0.25, 0.3) is 0 Å². The molecular weight excluding hydrogens is 268 g/mol. The monoisotopic (exact) mass is 294 g/mol. The predicted molar refractivity (Wildman–Crippen MR) is 79.1 cm³/mol. The minimum atomic E-state index is -0.0429. The Morgan fingerprint density at radius 2 is 2.33 bits per heavy atom. The molecule has 0 radical (unpaired) electrons. The average Bonchev–Trinajstić information content (AvgIpc) is 3.16. The highest BCUT2D eigenvalue weighted by molar-refractivity contribution is 5.01. The van der Waals surface area contributed by atoms with Gasteiger partial charge in [0.2, 0.25) is 11.7 Å². The first-order valence-electron chi connectivity index (χ1n) is 8.09. The number of morpholine rings is 1. The van der Waals surface area contributed by atoms with Gasteiger partial charge in [-0.05, 0) is 32.9 Å². The van der Waals surface area contributed by atoms with Crippen LogP contribution in [0.4, 0.5) is 0 Å². The third-order valence-electron chi connectivity index (χ3n) is 4.94. The third kappa shape index (κ3) is 2.98. The van der Waals surface area contributed by atoms with E-state index in [1.54, 1.807) is 0 Å². The topological polar surface area (TPSA) is 63.4 Å². The van der Waals surface area contributed by atoms with Crippen molar-refractivity contribution in [2.75, 3.05) is 26.7 Å². The van der Waals surface area contributed by atoms with Gasteiger partial charge in [0.15, 0.2) is 0 Å². The van der Waals surface area contributed by atoms with Gasteiger partial charge < -0.3 is 14.6 Å². The lowest BCUT2D eigenvalue weighted by Crippen LogP contribution is -2.42. The number of ether oxygens (including phenoxy) is 1. The molecule has 6 nitrogen and oxygen atoms in total. The summed E-state index contributed by atoms with van der Waals surface area (Å²) in [6, 6.07) is 0.953. The van der Waals surface area contributed by atoms with E-state index in [1.807, 2.05) is 7.05 Å². The summed E-state index contributed by atoms with van der Waals surface area (Å²) in [6.45, 7) is 7.13. The molecule has 0 spiro atoms. The SMILES string of the molecule is CCC(NC)C(C)c1nc(C2CN3CCCC3CO2)no1. The van der Waals surface area contributed by atoms with Gasteiger partial charge in [-0.15, -0.1) is 0 Å². The fraction of sp³-hybridized carbons (Fsp3) is 0.867. The maximum atomic E-state index is 5.94. The molecule has 1 N–H and O–H groups in total. The molecule has 118 valence electrons. The Kier molecular flexibility index (Phi) is 4.57. The minimum Gasteiger partial charge on any atom is -0.367 e. The zero-order valence-electron chi connectivity index (χ0n) is 13.2. The van der Waals surface area contributed by atoms with E-state index in [9.17, 15) is 0 Å². The summed E-state index contributed by atoms with van der Waals surface area (Å²) >= 11 is 0. The van der Waals surface area contributed by atoms with Crippen LogP contribution in [0.5, 0.6) is 0 Å². The molecule has 3 rings (SSSR count). The van der Waals surface area contributed by atoms with Crippen LogP contribution in [0.2, 0.25) is 0 Å². The summed E-state index contributed by atoms with van der Waals surface area (Å²) in [7, 11) is 1.97. The zero-order chi connectivity index (χ0) is 14.8. The first kappa shape index (κ1) is 14.9. The van der Waals surface area contributed by atoms with Crippen LogP contribution in [0.15, 0.2) is 4.52 Å². The molecule has 1 aromatic heterocycles. The Balaban J connectivity index is 1.67. The highest BCUT2D eigenvalue weighted by Crippen LogP contribution is 2.29. The Morgan fingerprint density at radius 3 is 3.10 bits per heavy atom. The standard InChI is InChI=1S/C15H26N4O2/c1-4-12(16-3)10(2)15-17-14(18-21-15)13-8-19-7-5-6-11(19)9-20-13/h10-13,16H,4-9H2,1-3H3. The van der Waals surface area contributed by atoms with E-state index in [0.29, 0.717) is 23.8 Å². The van der Waals surface area contributed by atoms with Crippen molar-refractivity contribution in [3.8, 4) is 0 Å². The summed E-state index contributed by atoms with van der Waals surface area (Å²) in [4.78, 5) is 7.09. The van der Waals surface area contributed by atoms with Crippen LogP contribution in [-0.4, -0.2) is 53.9 Å². The van der Waals surface area contributed by atoms with E-state index >= 15 is 0 Å². The number of likely N-dealkylation sites (N-methyl/N-ethyl adjacent to an activating group) is 1. The predicted octanol–water partition coefficient (Wildman–Crippen LogP) is 1.71. The van der Waals surface area contributed by atoms with Crippen molar-refractivity contribution in [3.63, 3.8) is 0 Å². The van der Waals surface area contributed by atoms with E-state index in [4.69, 9.17) is 9.26 Å². The Labute approximate surface area is 126 Å². The van der Waals surface area contributed by atoms with Crippen molar-refractivity contribution in [2.45, 2.75) is 57.2 Å². The van der Waals surface area contributed by atoms with Crippen LogP contribution in [0.3, 0.4) is 0 Å². The molecule has 3 heterocycles. The quantitative estimate of drug-likeness (QED) is 0.892. The molecule has 2 saturated heterocycles. The summed E-state index contributed by atoms with van der Waals surface area (Å²) in [5.74, 6) is 1.62. The van der Waals surface area contributed by atoms with Crippen molar-refractivity contribution in [1.29, 1.82) is 0 Å². The van der Waals surface area contributed by atoms with Crippen molar-refractivity contribution in [2.24, 2.45) is 0 Å². The lowest BCUT2D eigenvalue weighted by atomic mass is 10.00. The van der Waals surface area contributed by atoms with Gasteiger partial charge in [-0.1, -0.05) is 19.0 Å². The molecule has 0 saturated carbocycles. The maximum Gasteiger partial charge on any atom is 0.231 e. The number of rotatable bonds is 5. The lowest BCUT2D eigenvalue weighted by Gasteiger charge is -2.33. The van der Waals surface area contributed by atoms with Crippen LogP contribution >= 0.6 is 0 Å². The molecule has 0 bridgehead atoms. The molecule has 2 aliphatic heterocycles. The number of hydrogen-bond acceptors (Lipinski definition) is 6. The van der Waals surface area contributed by atoms with E-state index in [0.717, 1.165) is 19.6 Å². The van der Waals surface area contributed by atoms with Crippen molar-refractivity contribution >= 4 is 0 Å². The van der Waals surface area contributed by atoms with Gasteiger partial charge in [0.05, 0.1) is 12.5 Å². The van der Waals surface area contributed by atoms with Gasteiger partial charge in [0.1, 0.15) is 6.10 Å². The van der Waals surface area contributed by atoms with Crippen LogP contribution in [-0.2, 0) is 4.74 Å². The molecule has 6 heteroatoms. The van der Waals surface area contributed by atoms with Gasteiger partial charge in [-0.3, -0.25) is 4.90 Å². The molecular formula is C15H26N4O2. The molecule has 4 atom stereocenters. The second kappa shape index (κ2) is 6.42. The average molecular weight is 294 g/mol. The lowest BCUT2D eigenvalue weighted by molar-refractivity contribution is -0.0548. The maximum absolute atomic E-state index is 5.94. The number of nitrogens with zero attached hydrogens (tertiary/aromatic N) is 3. The largest absolute Gasteiger partial charge is 0.367 e. The third-order valence-corrected chi connectivity index (χ3v) is 4.94. The summed E-state index contributed by atoms with van der Waals surface area (Å²) in [6.07, 6.45) is 3.51. The van der Waals surface area contributed by atoms with Gasteiger partial charge >= 0.3 is 0 Å². The van der Waals surface area contributed by atoms with Gasteiger partial charge in [-0.2, -0.15) is 4.98 Å². The number of hydrogen-bond donors (Lipinski definition) is 1. The first-order chi connectivity index (χ1) is 10.2. The number of nitrogens with one attached hydrogen (secondary N) is 1. The number of fused-ring (bicyclic) bond motifs is 1. The van der Waals surface area contributed by atoms with Crippen LogP contribution < -0.4 is 5.32 Å². The Morgan fingerprint density at radius 1 is 1.48 bits per heavy atom. The molecule has 2 aliphatic rings. The van der Waals surface area contributed by atoms with Gasteiger partial charge in [-0.25, -0.2) is 0 Å². The van der Waals surface area contributed by atoms with Crippen molar-refractivity contribution < 1.29 is 9.26 Å². The second-order valence-corrected chi connectivity index (χ2v) is 6.20. The summed E-state index contributed by atoms with van der Waals surface area (Å²) in [5.41, 5.74) is 0. The number of aromatic nitrogens is 2. The fourth-order valence-corrected chi connectivity index (χ4v) is 3.52. The first-order valence-corrected chi connectivity index (χ1v) is 8.09. The fourth-order valence-electron chi connectivity index (χ4n) is 3.52. The molecule has 1 aromatic rings. The molecule has 21 heavy (non-hydrogen) atoms. The molecule has 0 aromatic carbocycles. The Hall–Kier alpha value is -0.980. The highest BCUT2D eigenvalue weighted by atomic mass is 16.5. The van der Waals surface area contributed by atoms with E-state index < -0.39 is 0 Å². The van der Waals surface area contributed by atoms with Crippen molar-refractivity contribution in [3.05, 3.63) is 11.7 Å². The van der Waals surface area contributed by atoms with Gasteiger partial charge in [0, 0.05) is 18.6 Å². The Bertz CT molecular complexity index is 460. The normalized spacial score (nSPS) is 29.3. The molecule has 2 fully saturated rings. The minimum absolute atomic E-state index is 0.0429. The van der Waals surface area contributed by atoms with Crippen LogP contribution in [0, 0.1) is 0 Å². The summed E-state index contributed by atoms with van der Waals surface area (Å²) < 4.78 is 11.4. The second-order valence-electron chi connectivity index (χ2n) is 6.20.